The molecule has 0 aromatic rings. The molecule has 11 heavy (non-hydrogen) atoms. The van der Waals surface area contributed by atoms with Crippen LogP contribution < -0.4 is 0 Å². The molecule has 0 spiro atoms. The molecule has 7 heteroatoms. The van der Waals surface area contributed by atoms with Gasteiger partial charge in [-0.3, -0.25) is 9.79 Å². The van der Waals surface area contributed by atoms with Crippen LogP contribution in [0.15, 0.2) is 12.3 Å². The summed E-state index contributed by atoms with van der Waals surface area (Å²) in [7, 11) is -4.70. The molecule has 3 N–H and O–H groups in total. The normalized spacial score (nSPS) is 13.3. The highest BCUT2D eigenvalue weighted by Gasteiger charge is 2.20. The van der Waals surface area contributed by atoms with Gasteiger partial charge in [0.05, 0.1) is 0 Å². The second-order valence-electron chi connectivity index (χ2n) is 1.58. The van der Waals surface area contributed by atoms with Gasteiger partial charge in [-0.25, -0.2) is 4.57 Å². The molecule has 62 valence electrons. The van der Waals surface area contributed by atoms with Crippen molar-refractivity contribution >= 4 is 7.82 Å². The van der Waals surface area contributed by atoms with E-state index in [0.29, 0.717) is 0 Å². The summed E-state index contributed by atoms with van der Waals surface area (Å²) in [6, 6.07) is 1.27. The molecule has 0 radical (unpaired) electrons. The Hall–Kier alpha value is -0.860. The number of phosphoric ester groups is 1. The SMILES string of the molecule is C=C(OP(=O)(O)O)C(O)C#N. The van der Waals surface area contributed by atoms with Crippen molar-refractivity contribution in [1.29, 1.82) is 5.26 Å². The Morgan fingerprint density at radius 2 is 2.18 bits per heavy atom. The van der Waals surface area contributed by atoms with Crippen molar-refractivity contribution in [3.63, 3.8) is 0 Å². The average Bonchev–Trinajstić information content (AvgIpc) is 1.82. The number of aliphatic hydroxyl groups excluding tert-OH is 1. The van der Waals surface area contributed by atoms with Crippen LogP contribution in [0.4, 0.5) is 0 Å². The fraction of sp³-hybridized carbons (Fsp3) is 0.250. The minimum Gasteiger partial charge on any atom is -0.405 e. The number of phosphoric acid groups is 1. The van der Waals surface area contributed by atoms with Gasteiger partial charge in [0.1, 0.15) is 11.8 Å². The third-order valence-electron chi connectivity index (χ3n) is 0.663. The zero-order chi connectivity index (χ0) is 9.07. The van der Waals surface area contributed by atoms with Crippen LogP contribution >= 0.6 is 7.82 Å². The highest BCUT2D eigenvalue weighted by molar-refractivity contribution is 7.46. The van der Waals surface area contributed by atoms with Crippen LogP contribution in [-0.4, -0.2) is 21.0 Å². The van der Waals surface area contributed by atoms with Gasteiger partial charge in [0, 0.05) is 0 Å². The van der Waals surface area contributed by atoms with Crippen molar-refractivity contribution in [3.8, 4) is 6.07 Å². The lowest BCUT2D eigenvalue weighted by Gasteiger charge is -2.09. The highest BCUT2D eigenvalue weighted by atomic mass is 31.2. The monoisotopic (exact) mass is 179 g/mol. The molecule has 6 nitrogen and oxygen atoms in total. The summed E-state index contributed by atoms with van der Waals surface area (Å²) >= 11 is 0. The number of hydrogen-bond donors (Lipinski definition) is 3. The van der Waals surface area contributed by atoms with E-state index in [1.165, 1.54) is 6.07 Å². The molecule has 0 aliphatic heterocycles. The van der Waals surface area contributed by atoms with E-state index in [1.54, 1.807) is 0 Å². The molecule has 0 aromatic heterocycles. The number of nitriles is 1. The summed E-state index contributed by atoms with van der Waals surface area (Å²) < 4.78 is 13.8. The fourth-order valence-corrected chi connectivity index (χ4v) is 0.680. The summed E-state index contributed by atoms with van der Waals surface area (Å²) in [5, 5.41) is 16.6. The summed E-state index contributed by atoms with van der Waals surface area (Å²) in [6.07, 6.45) is -1.72. The molecule has 0 rings (SSSR count). The van der Waals surface area contributed by atoms with E-state index in [-0.39, 0.29) is 0 Å². The molecular formula is C4H6NO5P. The lowest BCUT2D eigenvalue weighted by atomic mass is 10.4. The molecule has 1 unspecified atom stereocenters. The van der Waals surface area contributed by atoms with Crippen LogP contribution in [0.3, 0.4) is 0 Å². The predicted molar refractivity (Wildman–Crippen MR) is 33.9 cm³/mol. The topological polar surface area (TPSA) is 111 Å². The molecule has 1 atom stereocenters. The fourth-order valence-electron chi connectivity index (χ4n) is 0.275. The van der Waals surface area contributed by atoms with Gasteiger partial charge < -0.3 is 9.63 Å². The van der Waals surface area contributed by atoms with Crippen molar-refractivity contribution in [2.45, 2.75) is 6.10 Å². The molecule has 0 amide bonds. The number of aliphatic hydroxyl groups is 1. The Morgan fingerprint density at radius 3 is 2.45 bits per heavy atom. The van der Waals surface area contributed by atoms with Gasteiger partial charge in [-0.05, 0) is 0 Å². The first-order chi connectivity index (χ1) is 4.87. The summed E-state index contributed by atoms with van der Waals surface area (Å²) in [5.41, 5.74) is 0. The van der Waals surface area contributed by atoms with Gasteiger partial charge in [-0.15, -0.1) is 0 Å². The van der Waals surface area contributed by atoms with E-state index in [2.05, 4.69) is 11.1 Å². The highest BCUT2D eigenvalue weighted by Crippen LogP contribution is 2.38. The number of nitrogens with zero attached hydrogens (tertiary/aromatic N) is 1. The third-order valence-corrected chi connectivity index (χ3v) is 1.14. The van der Waals surface area contributed by atoms with Crippen LogP contribution in [-0.2, 0) is 9.09 Å². The van der Waals surface area contributed by atoms with Crippen molar-refractivity contribution in [1.82, 2.24) is 0 Å². The first-order valence-electron chi connectivity index (χ1n) is 2.38. The zero-order valence-corrected chi connectivity index (χ0v) is 6.23. The molecule has 0 fully saturated rings. The average molecular weight is 179 g/mol. The molecule has 0 heterocycles. The lowest BCUT2D eigenvalue weighted by Crippen LogP contribution is -2.07. The second-order valence-corrected chi connectivity index (χ2v) is 2.74. The van der Waals surface area contributed by atoms with Gasteiger partial charge in [-0.2, -0.15) is 5.26 Å². The summed E-state index contributed by atoms with van der Waals surface area (Å²) in [6.45, 7) is 2.92. The quantitative estimate of drug-likeness (QED) is 0.305. The molecule has 0 aliphatic rings. The summed E-state index contributed by atoms with van der Waals surface area (Å²) in [5.74, 6) is -0.666. The maximum Gasteiger partial charge on any atom is 0.524 e. The minimum atomic E-state index is -4.70. The van der Waals surface area contributed by atoms with Crippen LogP contribution in [0.1, 0.15) is 0 Å². The van der Waals surface area contributed by atoms with Gasteiger partial charge in [0.2, 0.25) is 0 Å². The van der Waals surface area contributed by atoms with Crippen LogP contribution in [0, 0.1) is 11.3 Å². The zero-order valence-electron chi connectivity index (χ0n) is 5.34. The second kappa shape index (κ2) is 3.51. The van der Waals surface area contributed by atoms with Gasteiger partial charge in [0.15, 0.2) is 6.10 Å². The van der Waals surface area contributed by atoms with Gasteiger partial charge in [-0.1, -0.05) is 6.58 Å². The minimum absolute atomic E-state index is 0.666. The number of hydrogen-bond acceptors (Lipinski definition) is 4. The van der Waals surface area contributed by atoms with E-state index in [0.717, 1.165) is 0 Å². The first kappa shape index (κ1) is 10.1. The van der Waals surface area contributed by atoms with E-state index < -0.39 is 19.7 Å². The molecule has 0 aromatic carbocycles. The maximum absolute atomic E-state index is 10.1. The third kappa shape index (κ3) is 4.53. The first-order valence-corrected chi connectivity index (χ1v) is 3.91. The van der Waals surface area contributed by atoms with Crippen LogP contribution in [0.25, 0.3) is 0 Å². The van der Waals surface area contributed by atoms with Gasteiger partial charge in [0.25, 0.3) is 0 Å². The number of rotatable bonds is 3. The smallest absolute Gasteiger partial charge is 0.405 e. The Labute approximate surface area is 62.6 Å². The molecule has 0 saturated carbocycles. The Balaban J connectivity index is 4.12. The van der Waals surface area contributed by atoms with Crippen molar-refractivity contribution in [2.75, 3.05) is 0 Å². The van der Waals surface area contributed by atoms with Crippen LogP contribution in [0.2, 0.25) is 0 Å². The van der Waals surface area contributed by atoms with E-state index in [4.69, 9.17) is 20.2 Å². The van der Waals surface area contributed by atoms with E-state index >= 15 is 0 Å². The van der Waals surface area contributed by atoms with Crippen molar-refractivity contribution in [3.05, 3.63) is 12.3 Å². The maximum atomic E-state index is 10.1. The Morgan fingerprint density at radius 1 is 1.73 bits per heavy atom. The lowest BCUT2D eigenvalue weighted by molar-refractivity contribution is 0.173. The van der Waals surface area contributed by atoms with E-state index in [1.807, 2.05) is 0 Å². The van der Waals surface area contributed by atoms with Gasteiger partial charge >= 0.3 is 7.82 Å². The summed E-state index contributed by atoms with van der Waals surface area (Å²) in [4.78, 5) is 16.3. The molecule has 0 saturated heterocycles. The van der Waals surface area contributed by atoms with Crippen molar-refractivity contribution < 1.29 is 24.0 Å². The Kier molecular flexibility index (Phi) is 3.23. The molecule has 0 aliphatic carbocycles. The van der Waals surface area contributed by atoms with Crippen LogP contribution in [0.5, 0.6) is 0 Å². The standard InChI is InChI=1S/C4H6NO5P/c1-3(4(6)2-5)10-11(7,8)9/h4,6H,1H2,(H2,7,8,9). The molecular weight excluding hydrogens is 173 g/mol. The Bertz CT molecular complexity index is 237. The van der Waals surface area contributed by atoms with E-state index in [9.17, 15) is 4.57 Å². The predicted octanol–water partition coefficient (Wildman–Crippen LogP) is -0.506. The largest absolute Gasteiger partial charge is 0.524 e. The van der Waals surface area contributed by atoms with Crippen molar-refractivity contribution in [2.24, 2.45) is 0 Å². The molecule has 0 bridgehead atoms.